The van der Waals surface area contributed by atoms with E-state index < -0.39 is 0 Å². The van der Waals surface area contributed by atoms with Crippen molar-refractivity contribution in [2.75, 3.05) is 4.90 Å². The third-order valence-electron chi connectivity index (χ3n) is 11.2. The molecule has 2 nitrogen and oxygen atoms in total. The molecule has 0 saturated heterocycles. The zero-order chi connectivity index (χ0) is 35.5. The van der Waals surface area contributed by atoms with Crippen molar-refractivity contribution < 1.29 is 0 Å². The fourth-order valence-corrected chi connectivity index (χ4v) is 8.77. The SMILES string of the molecule is CC1(C)c2ccccc2-c2c(-c3ccccc3N(c3ccc4c5ccccc5n(-c5ccccc5)c4c3)c3ccccc3-c3ccccc3)cccc21. The van der Waals surface area contributed by atoms with Crippen LogP contribution in [0.3, 0.4) is 0 Å². The Morgan fingerprint density at radius 1 is 0.415 bits per heavy atom. The van der Waals surface area contributed by atoms with Gasteiger partial charge in [-0.15, -0.1) is 0 Å². The van der Waals surface area contributed by atoms with Crippen LogP contribution in [0.25, 0.3) is 60.9 Å². The Hall–Kier alpha value is -6.64. The molecule has 0 bridgehead atoms. The lowest BCUT2D eigenvalue weighted by molar-refractivity contribution is 0.660. The van der Waals surface area contributed by atoms with E-state index in [2.05, 4.69) is 217 Å². The van der Waals surface area contributed by atoms with Gasteiger partial charge in [-0.2, -0.15) is 0 Å². The second-order valence-corrected chi connectivity index (χ2v) is 14.5. The third-order valence-corrected chi connectivity index (χ3v) is 11.2. The molecule has 0 unspecified atom stereocenters. The maximum absolute atomic E-state index is 2.48. The quantitative estimate of drug-likeness (QED) is 0.170. The molecule has 8 aromatic carbocycles. The topological polar surface area (TPSA) is 8.17 Å². The van der Waals surface area contributed by atoms with Crippen LogP contribution in [-0.2, 0) is 5.41 Å². The van der Waals surface area contributed by atoms with Crippen LogP contribution < -0.4 is 4.90 Å². The van der Waals surface area contributed by atoms with E-state index in [0.717, 1.165) is 22.7 Å². The van der Waals surface area contributed by atoms with Gasteiger partial charge in [0.15, 0.2) is 0 Å². The van der Waals surface area contributed by atoms with E-state index in [4.69, 9.17) is 0 Å². The van der Waals surface area contributed by atoms with Crippen molar-refractivity contribution in [2.24, 2.45) is 0 Å². The summed E-state index contributed by atoms with van der Waals surface area (Å²) in [5.74, 6) is 0. The third kappa shape index (κ3) is 4.87. The molecule has 0 atom stereocenters. The van der Waals surface area contributed by atoms with Crippen LogP contribution in [-0.4, -0.2) is 4.57 Å². The van der Waals surface area contributed by atoms with E-state index in [1.807, 2.05) is 0 Å². The van der Waals surface area contributed by atoms with Crippen LogP contribution in [0, 0.1) is 0 Å². The first kappa shape index (κ1) is 31.1. The second kappa shape index (κ2) is 12.3. The molecule has 1 aliphatic carbocycles. The van der Waals surface area contributed by atoms with Gasteiger partial charge < -0.3 is 9.47 Å². The van der Waals surface area contributed by atoms with Crippen molar-refractivity contribution in [3.63, 3.8) is 0 Å². The van der Waals surface area contributed by atoms with Gasteiger partial charge in [0.2, 0.25) is 0 Å². The molecule has 10 rings (SSSR count). The smallest absolute Gasteiger partial charge is 0.0561 e. The Labute approximate surface area is 310 Å². The van der Waals surface area contributed by atoms with Crippen molar-refractivity contribution in [3.05, 3.63) is 205 Å². The van der Waals surface area contributed by atoms with Crippen LogP contribution in [0.4, 0.5) is 17.1 Å². The summed E-state index contributed by atoms with van der Waals surface area (Å²) in [6.07, 6.45) is 0. The lowest BCUT2D eigenvalue weighted by Gasteiger charge is -2.30. The van der Waals surface area contributed by atoms with Gasteiger partial charge >= 0.3 is 0 Å². The summed E-state index contributed by atoms with van der Waals surface area (Å²) in [5.41, 5.74) is 17.0. The number of fused-ring (bicyclic) bond motifs is 6. The molecule has 0 amide bonds. The van der Waals surface area contributed by atoms with Crippen LogP contribution in [0.1, 0.15) is 25.0 Å². The van der Waals surface area contributed by atoms with Gasteiger partial charge in [0.05, 0.1) is 22.4 Å². The molecule has 1 heterocycles. The zero-order valence-corrected chi connectivity index (χ0v) is 29.9. The molecular weight excluding hydrogens is 641 g/mol. The van der Waals surface area contributed by atoms with E-state index in [9.17, 15) is 0 Å². The molecule has 53 heavy (non-hydrogen) atoms. The Morgan fingerprint density at radius 2 is 0.981 bits per heavy atom. The maximum atomic E-state index is 2.48. The number of nitrogens with zero attached hydrogens (tertiary/aromatic N) is 2. The van der Waals surface area contributed by atoms with Crippen molar-refractivity contribution in [2.45, 2.75) is 19.3 Å². The highest BCUT2D eigenvalue weighted by molar-refractivity contribution is 6.11. The summed E-state index contributed by atoms with van der Waals surface area (Å²) in [6, 6.07) is 70.8. The number of aromatic nitrogens is 1. The number of benzene rings is 8. The van der Waals surface area contributed by atoms with Gasteiger partial charge in [0.1, 0.15) is 0 Å². The van der Waals surface area contributed by atoms with Gasteiger partial charge in [-0.05, 0) is 75.8 Å². The Bertz CT molecular complexity index is 2810. The van der Waals surface area contributed by atoms with Crippen molar-refractivity contribution in [1.29, 1.82) is 0 Å². The predicted octanol–water partition coefficient (Wildman–Crippen LogP) is 13.9. The molecule has 0 radical (unpaired) electrons. The highest BCUT2D eigenvalue weighted by Gasteiger charge is 2.37. The summed E-state index contributed by atoms with van der Waals surface area (Å²) in [5, 5.41) is 2.48. The van der Waals surface area contributed by atoms with Gasteiger partial charge in [0.25, 0.3) is 0 Å². The first-order chi connectivity index (χ1) is 26.1. The van der Waals surface area contributed by atoms with E-state index >= 15 is 0 Å². The highest BCUT2D eigenvalue weighted by atomic mass is 15.1. The number of anilines is 3. The summed E-state index contributed by atoms with van der Waals surface area (Å²) >= 11 is 0. The molecular formula is C51H38N2. The van der Waals surface area contributed by atoms with Crippen LogP contribution >= 0.6 is 0 Å². The fourth-order valence-electron chi connectivity index (χ4n) is 8.77. The second-order valence-electron chi connectivity index (χ2n) is 14.5. The molecule has 0 fully saturated rings. The van der Waals surface area contributed by atoms with Crippen molar-refractivity contribution in [1.82, 2.24) is 4.57 Å². The molecule has 1 aromatic heterocycles. The lowest BCUT2D eigenvalue weighted by Crippen LogP contribution is -2.15. The average Bonchev–Trinajstić information content (AvgIpc) is 3.67. The maximum Gasteiger partial charge on any atom is 0.0561 e. The normalized spacial score (nSPS) is 12.9. The first-order valence-corrected chi connectivity index (χ1v) is 18.5. The molecule has 2 heteroatoms. The molecule has 0 aliphatic heterocycles. The Morgan fingerprint density at radius 3 is 1.77 bits per heavy atom. The van der Waals surface area contributed by atoms with Crippen molar-refractivity contribution in [3.8, 4) is 39.1 Å². The molecule has 0 N–H and O–H groups in total. The standard InChI is InChI=1S/C51H38N2/c1-51(2)44-27-13-9-25-43(44)50-42(26-17-28-45(50)51)40-24-12-16-31-48(40)53(46-29-14-10-22-38(46)35-18-5-3-6-19-35)37-32-33-41-39-23-11-15-30-47(39)52(49(41)34-37)36-20-7-4-8-21-36/h3-34H,1-2H3. The van der Waals surface area contributed by atoms with Crippen LogP contribution in [0.5, 0.6) is 0 Å². The number of rotatable bonds is 6. The minimum atomic E-state index is -0.0909. The zero-order valence-electron chi connectivity index (χ0n) is 29.9. The largest absolute Gasteiger partial charge is 0.309 e. The summed E-state index contributed by atoms with van der Waals surface area (Å²) < 4.78 is 2.41. The van der Waals surface area contributed by atoms with E-state index in [1.165, 1.54) is 66.3 Å². The van der Waals surface area contributed by atoms with Gasteiger partial charge in [-0.1, -0.05) is 166 Å². The fraction of sp³-hybridized carbons (Fsp3) is 0.0588. The van der Waals surface area contributed by atoms with E-state index in [1.54, 1.807) is 0 Å². The van der Waals surface area contributed by atoms with Crippen LogP contribution in [0.2, 0.25) is 0 Å². The molecule has 9 aromatic rings. The van der Waals surface area contributed by atoms with E-state index in [0.29, 0.717) is 0 Å². The Balaban J connectivity index is 1.28. The summed E-state index contributed by atoms with van der Waals surface area (Å²) in [7, 11) is 0. The number of hydrogen-bond donors (Lipinski definition) is 0. The van der Waals surface area contributed by atoms with Crippen molar-refractivity contribution >= 4 is 38.9 Å². The predicted molar refractivity (Wildman–Crippen MR) is 224 cm³/mol. The Kier molecular flexibility index (Phi) is 7.19. The molecule has 252 valence electrons. The van der Waals surface area contributed by atoms with Gasteiger partial charge in [-0.25, -0.2) is 0 Å². The van der Waals surface area contributed by atoms with E-state index in [-0.39, 0.29) is 5.41 Å². The summed E-state index contributed by atoms with van der Waals surface area (Å²) in [6.45, 7) is 4.72. The lowest BCUT2D eigenvalue weighted by atomic mass is 9.82. The average molecular weight is 679 g/mol. The molecule has 1 aliphatic rings. The highest BCUT2D eigenvalue weighted by Crippen LogP contribution is 2.54. The minimum absolute atomic E-state index is 0.0909. The monoisotopic (exact) mass is 678 g/mol. The van der Waals surface area contributed by atoms with Crippen LogP contribution in [0.15, 0.2) is 194 Å². The summed E-state index contributed by atoms with van der Waals surface area (Å²) in [4.78, 5) is 2.48. The number of hydrogen-bond acceptors (Lipinski definition) is 1. The van der Waals surface area contributed by atoms with Gasteiger partial charge in [-0.3, -0.25) is 0 Å². The van der Waals surface area contributed by atoms with Gasteiger partial charge in [0, 0.05) is 38.7 Å². The molecule has 0 saturated carbocycles. The number of para-hydroxylation sites is 4. The first-order valence-electron chi connectivity index (χ1n) is 18.5. The molecule has 0 spiro atoms. The minimum Gasteiger partial charge on any atom is -0.309 e.